The number of ether oxygens (including phenoxy) is 1. The third kappa shape index (κ3) is 4.03. The fraction of sp³-hybridized carbons (Fsp3) is 0.571. The Balaban J connectivity index is 1.82. The number of Topliss-reactive ketones (excluding diaryl/α,β-unsaturated/α-hetero) is 1. The van der Waals surface area contributed by atoms with Gasteiger partial charge in [0.2, 0.25) is 0 Å². The van der Waals surface area contributed by atoms with Gasteiger partial charge in [0.05, 0.1) is 11.7 Å². The summed E-state index contributed by atoms with van der Waals surface area (Å²) >= 11 is 0. The van der Waals surface area contributed by atoms with Crippen molar-refractivity contribution in [3.05, 3.63) is 29.6 Å². The van der Waals surface area contributed by atoms with Gasteiger partial charge in [0, 0.05) is 19.2 Å². The summed E-state index contributed by atoms with van der Waals surface area (Å²) in [7, 11) is 0. The van der Waals surface area contributed by atoms with Gasteiger partial charge in [-0.1, -0.05) is 0 Å². The molecular weight excluding hydrogens is 271 g/mol. The molecule has 1 atom stereocenters. The molecule has 110 valence electrons. The number of nitrogens with zero attached hydrogens (tertiary/aromatic N) is 1. The molecule has 0 spiro atoms. The molecule has 0 saturated carbocycles. The zero-order valence-electron chi connectivity index (χ0n) is 10.9. The minimum absolute atomic E-state index is 0.0883. The fourth-order valence-electron chi connectivity index (χ4n) is 2.22. The second-order valence-electron chi connectivity index (χ2n) is 4.88. The van der Waals surface area contributed by atoms with Crippen molar-refractivity contribution in [1.29, 1.82) is 0 Å². The molecular formula is C14H16F3NO2. The summed E-state index contributed by atoms with van der Waals surface area (Å²) in [6.45, 7) is 0.777. The molecule has 1 aliphatic rings. The number of alkyl halides is 3. The number of carbonyl (C=O) groups is 1. The summed E-state index contributed by atoms with van der Waals surface area (Å²) in [5.74, 6) is -0.225. The molecule has 0 aliphatic carbocycles. The Morgan fingerprint density at radius 1 is 1.40 bits per heavy atom. The monoisotopic (exact) mass is 287 g/mol. The summed E-state index contributed by atoms with van der Waals surface area (Å²) < 4.78 is 42.5. The van der Waals surface area contributed by atoms with Gasteiger partial charge in [-0.15, -0.1) is 0 Å². The van der Waals surface area contributed by atoms with Crippen molar-refractivity contribution in [2.45, 2.75) is 44.4 Å². The molecule has 1 aromatic heterocycles. The highest BCUT2D eigenvalue weighted by Gasteiger charge is 2.30. The van der Waals surface area contributed by atoms with Crippen molar-refractivity contribution >= 4 is 5.78 Å². The molecule has 0 N–H and O–H groups in total. The van der Waals surface area contributed by atoms with Crippen molar-refractivity contribution in [2.24, 2.45) is 0 Å². The first-order chi connectivity index (χ1) is 9.47. The van der Waals surface area contributed by atoms with Crippen LogP contribution in [0.2, 0.25) is 0 Å². The average Bonchev–Trinajstić information content (AvgIpc) is 2.91. The van der Waals surface area contributed by atoms with Gasteiger partial charge in [0.15, 0.2) is 5.78 Å². The summed E-state index contributed by atoms with van der Waals surface area (Å²) in [5, 5.41) is 0. The highest BCUT2D eigenvalue weighted by molar-refractivity contribution is 5.94. The molecule has 0 bridgehead atoms. The molecule has 1 aliphatic heterocycles. The lowest BCUT2D eigenvalue weighted by Crippen LogP contribution is -2.09. The van der Waals surface area contributed by atoms with Gasteiger partial charge in [0.1, 0.15) is 5.69 Å². The lowest BCUT2D eigenvalue weighted by atomic mass is 10.1. The second-order valence-corrected chi connectivity index (χ2v) is 4.88. The number of hydrogen-bond acceptors (Lipinski definition) is 3. The number of carbonyl (C=O) groups excluding carboxylic acids is 1. The first-order valence-corrected chi connectivity index (χ1v) is 6.65. The first kappa shape index (κ1) is 15.0. The lowest BCUT2D eigenvalue weighted by molar-refractivity contribution is -0.137. The van der Waals surface area contributed by atoms with Crippen LogP contribution in [-0.4, -0.2) is 23.5 Å². The summed E-state index contributed by atoms with van der Waals surface area (Å²) in [4.78, 5) is 15.4. The Morgan fingerprint density at radius 3 is 2.75 bits per heavy atom. The minimum atomic E-state index is -4.42. The van der Waals surface area contributed by atoms with Crippen molar-refractivity contribution < 1.29 is 22.7 Å². The highest BCUT2D eigenvalue weighted by Crippen LogP contribution is 2.28. The van der Waals surface area contributed by atoms with Gasteiger partial charge in [0.25, 0.3) is 0 Å². The van der Waals surface area contributed by atoms with E-state index >= 15 is 0 Å². The number of halogens is 3. The molecule has 1 fully saturated rings. The van der Waals surface area contributed by atoms with Crippen LogP contribution in [0.1, 0.15) is 48.2 Å². The van der Waals surface area contributed by atoms with Crippen molar-refractivity contribution in [3.8, 4) is 0 Å². The number of rotatable bonds is 5. The van der Waals surface area contributed by atoms with E-state index in [9.17, 15) is 18.0 Å². The molecule has 3 nitrogen and oxygen atoms in total. The van der Waals surface area contributed by atoms with E-state index in [1.54, 1.807) is 0 Å². The highest BCUT2D eigenvalue weighted by atomic mass is 19.4. The van der Waals surface area contributed by atoms with Gasteiger partial charge in [-0.2, -0.15) is 13.2 Å². The molecule has 2 rings (SSSR count). The number of aromatic nitrogens is 1. The maximum atomic E-state index is 12.4. The summed E-state index contributed by atoms with van der Waals surface area (Å²) in [5.41, 5.74) is -0.751. The quantitative estimate of drug-likeness (QED) is 0.776. The van der Waals surface area contributed by atoms with Gasteiger partial charge in [-0.25, -0.2) is 0 Å². The Labute approximate surface area is 115 Å². The Kier molecular flexibility index (Phi) is 4.75. The normalized spacial score (nSPS) is 19.2. The van der Waals surface area contributed by atoms with Gasteiger partial charge in [-0.3, -0.25) is 9.78 Å². The molecule has 1 saturated heterocycles. The van der Waals surface area contributed by atoms with Crippen molar-refractivity contribution in [3.63, 3.8) is 0 Å². The molecule has 0 amide bonds. The zero-order chi connectivity index (χ0) is 14.6. The van der Waals surface area contributed by atoms with E-state index in [0.717, 1.165) is 38.0 Å². The topological polar surface area (TPSA) is 39.2 Å². The largest absolute Gasteiger partial charge is 0.417 e. The predicted octanol–water partition coefficient (Wildman–Crippen LogP) is 3.63. The van der Waals surface area contributed by atoms with Gasteiger partial charge >= 0.3 is 6.18 Å². The minimum Gasteiger partial charge on any atom is -0.378 e. The van der Waals surface area contributed by atoms with E-state index in [1.807, 2.05) is 0 Å². The van der Waals surface area contributed by atoms with Crippen molar-refractivity contribution in [2.75, 3.05) is 6.61 Å². The Morgan fingerprint density at radius 2 is 2.20 bits per heavy atom. The molecule has 0 radical (unpaired) electrons. The van der Waals surface area contributed by atoms with E-state index in [4.69, 9.17) is 4.74 Å². The third-order valence-corrected chi connectivity index (χ3v) is 3.33. The van der Waals surface area contributed by atoms with Crippen LogP contribution < -0.4 is 0 Å². The standard InChI is InChI=1S/C14H16F3NO2/c15-14(16,17)10-6-7-12(18-9-10)13(19)5-1-3-11-4-2-8-20-11/h6-7,9,11H,1-5,8H2. The van der Waals surface area contributed by atoms with Crippen LogP contribution in [0, 0.1) is 0 Å². The SMILES string of the molecule is O=C(CCCC1CCCO1)c1ccc(C(F)(F)F)cn1. The Hall–Kier alpha value is -1.43. The predicted molar refractivity (Wildman–Crippen MR) is 66.4 cm³/mol. The lowest BCUT2D eigenvalue weighted by Gasteiger charge is -2.08. The number of ketones is 1. The molecule has 1 aromatic rings. The van der Waals surface area contributed by atoms with E-state index in [2.05, 4.69) is 4.98 Å². The zero-order valence-corrected chi connectivity index (χ0v) is 10.9. The van der Waals surface area contributed by atoms with Crippen LogP contribution in [-0.2, 0) is 10.9 Å². The summed E-state index contributed by atoms with van der Waals surface area (Å²) in [6.07, 6.45) is 0.355. The van der Waals surface area contributed by atoms with Gasteiger partial charge in [-0.05, 0) is 37.8 Å². The van der Waals surface area contributed by atoms with Crippen LogP contribution in [0.4, 0.5) is 13.2 Å². The van der Waals surface area contributed by atoms with Crippen molar-refractivity contribution in [1.82, 2.24) is 4.98 Å². The van der Waals surface area contributed by atoms with E-state index in [1.165, 1.54) is 0 Å². The maximum Gasteiger partial charge on any atom is 0.417 e. The second kappa shape index (κ2) is 6.35. The molecule has 20 heavy (non-hydrogen) atoms. The van der Waals surface area contributed by atoms with E-state index < -0.39 is 11.7 Å². The molecule has 2 heterocycles. The first-order valence-electron chi connectivity index (χ1n) is 6.65. The van der Waals surface area contributed by atoms with Crippen LogP contribution in [0.5, 0.6) is 0 Å². The van der Waals surface area contributed by atoms with Gasteiger partial charge < -0.3 is 4.74 Å². The fourth-order valence-corrected chi connectivity index (χ4v) is 2.22. The maximum absolute atomic E-state index is 12.4. The number of hydrogen-bond donors (Lipinski definition) is 0. The van der Waals surface area contributed by atoms with Crippen LogP contribution in [0.25, 0.3) is 0 Å². The third-order valence-electron chi connectivity index (χ3n) is 3.33. The molecule has 1 unspecified atom stereocenters. The van der Waals surface area contributed by atoms with E-state index in [-0.39, 0.29) is 24.0 Å². The average molecular weight is 287 g/mol. The molecule has 6 heteroatoms. The smallest absolute Gasteiger partial charge is 0.378 e. The molecule has 0 aromatic carbocycles. The summed E-state index contributed by atoms with van der Waals surface area (Å²) in [6, 6.07) is 2.03. The van der Waals surface area contributed by atoms with Crippen LogP contribution >= 0.6 is 0 Å². The number of pyridine rings is 1. The van der Waals surface area contributed by atoms with Crippen LogP contribution in [0.3, 0.4) is 0 Å². The Bertz CT molecular complexity index is 450. The van der Waals surface area contributed by atoms with Crippen LogP contribution in [0.15, 0.2) is 18.3 Å². The van der Waals surface area contributed by atoms with E-state index in [0.29, 0.717) is 12.6 Å².